The average Bonchev–Trinajstić information content (AvgIpc) is 3.37. The van der Waals surface area contributed by atoms with Crippen LogP contribution in [-0.2, 0) is 9.59 Å². The Balaban J connectivity index is 1.48. The number of likely N-dealkylation sites (tertiary alicyclic amines) is 1. The Labute approximate surface area is 196 Å². The maximum Gasteiger partial charge on any atom is 0.275 e. The molecule has 1 aliphatic heterocycles. The quantitative estimate of drug-likeness (QED) is 0.532. The van der Waals surface area contributed by atoms with E-state index < -0.39 is 24.0 Å². The highest BCUT2D eigenvalue weighted by Gasteiger charge is 2.43. The minimum absolute atomic E-state index is 0.0595. The fraction of sp³-hybridized carbons (Fsp3) is 0.375. The van der Waals surface area contributed by atoms with Gasteiger partial charge in [-0.3, -0.25) is 9.59 Å². The van der Waals surface area contributed by atoms with Gasteiger partial charge in [0, 0.05) is 24.1 Å². The number of hydrogen-bond acceptors (Lipinski definition) is 6. The summed E-state index contributed by atoms with van der Waals surface area (Å²) >= 11 is 6.02. The minimum Gasteiger partial charge on any atom is -0.391 e. The van der Waals surface area contributed by atoms with E-state index in [2.05, 4.69) is 10.6 Å². The van der Waals surface area contributed by atoms with E-state index >= 15 is 0 Å². The molecule has 2 heterocycles. The number of rotatable bonds is 6. The smallest absolute Gasteiger partial charge is 0.275 e. The van der Waals surface area contributed by atoms with Gasteiger partial charge in [0.2, 0.25) is 5.91 Å². The van der Waals surface area contributed by atoms with Gasteiger partial charge in [0.1, 0.15) is 17.7 Å². The molecule has 4 rings (SSSR count). The Morgan fingerprint density at radius 3 is 2.64 bits per heavy atom. The van der Waals surface area contributed by atoms with Crippen LogP contribution in [-0.4, -0.2) is 45.7 Å². The topological polar surface area (TPSA) is 105 Å². The molecule has 0 spiro atoms. The van der Waals surface area contributed by atoms with Gasteiger partial charge in [0.25, 0.3) is 5.91 Å². The van der Waals surface area contributed by atoms with Crippen molar-refractivity contribution < 1.29 is 24.1 Å². The van der Waals surface area contributed by atoms with Crippen molar-refractivity contribution >= 4 is 34.2 Å². The average molecular weight is 472 g/mol. The maximum absolute atomic E-state index is 13.4. The van der Waals surface area contributed by atoms with Crippen LogP contribution in [0.5, 0.6) is 5.75 Å². The molecule has 1 fully saturated rings. The molecule has 1 aromatic heterocycles. The standard InChI is InChI=1S/C24H26ClN3O5/c1-13(2)22(21-8-14(3)26-33-21)24(31)28-12-18(29)11-20(28)23(30)27-32-19-7-5-15-9-17(25)6-4-16(15)10-19/h4-10,13,18,20,22,29H,11-12H2,1-3H3,(H,27,30). The van der Waals surface area contributed by atoms with E-state index in [0.29, 0.717) is 22.2 Å². The molecule has 2 N–H and O–H groups in total. The van der Waals surface area contributed by atoms with E-state index in [0.717, 1.165) is 10.8 Å². The van der Waals surface area contributed by atoms with E-state index in [-0.39, 0.29) is 24.8 Å². The Bertz CT molecular complexity index is 1180. The van der Waals surface area contributed by atoms with E-state index in [1.807, 2.05) is 32.0 Å². The lowest BCUT2D eigenvalue weighted by Gasteiger charge is -2.28. The molecule has 0 radical (unpaired) electrons. The van der Waals surface area contributed by atoms with Gasteiger partial charge in [-0.2, -0.15) is 5.48 Å². The van der Waals surface area contributed by atoms with Crippen molar-refractivity contribution in [3.8, 4) is 5.75 Å². The molecule has 33 heavy (non-hydrogen) atoms. The molecule has 0 saturated carbocycles. The highest BCUT2D eigenvalue weighted by molar-refractivity contribution is 6.31. The summed E-state index contributed by atoms with van der Waals surface area (Å²) in [6.07, 6.45) is -0.684. The Morgan fingerprint density at radius 1 is 1.21 bits per heavy atom. The third-order valence-electron chi connectivity index (χ3n) is 5.79. The highest BCUT2D eigenvalue weighted by atomic mass is 35.5. The number of hydrogen-bond donors (Lipinski definition) is 2. The fourth-order valence-electron chi connectivity index (χ4n) is 4.19. The second-order valence-corrected chi connectivity index (χ2v) is 9.15. The van der Waals surface area contributed by atoms with Gasteiger partial charge in [-0.1, -0.05) is 42.7 Å². The summed E-state index contributed by atoms with van der Waals surface area (Å²) in [5.41, 5.74) is 3.10. The number of aliphatic hydroxyl groups is 1. The van der Waals surface area contributed by atoms with Crippen molar-refractivity contribution in [1.82, 2.24) is 15.5 Å². The number of carbonyl (C=O) groups excluding carboxylic acids is 2. The number of aryl methyl sites for hydroxylation is 1. The van der Waals surface area contributed by atoms with E-state index in [1.165, 1.54) is 4.90 Å². The Morgan fingerprint density at radius 2 is 1.94 bits per heavy atom. The Hall–Kier alpha value is -3.10. The number of hydroxylamine groups is 1. The second kappa shape index (κ2) is 9.41. The molecule has 2 amide bonds. The first-order valence-corrected chi connectivity index (χ1v) is 11.2. The molecule has 0 aliphatic carbocycles. The van der Waals surface area contributed by atoms with Crippen LogP contribution in [0.15, 0.2) is 47.0 Å². The predicted octanol–water partition coefficient (Wildman–Crippen LogP) is 3.60. The van der Waals surface area contributed by atoms with E-state index in [9.17, 15) is 14.7 Å². The zero-order chi connectivity index (χ0) is 23.7. The molecule has 9 heteroatoms. The zero-order valence-electron chi connectivity index (χ0n) is 18.6. The number of benzene rings is 2. The van der Waals surface area contributed by atoms with Crippen LogP contribution in [0.4, 0.5) is 0 Å². The van der Waals surface area contributed by atoms with Crippen LogP contribution in [0, 0.1) is 12.8 Å². The van der Waals surface area contributed by atoms with Crippen molar-refractivity contribution in [3.63, 3.8) is 0 Å². The molecule has 2 aromatic carbocycles. The molecule has 1 saturated heterocycles. The first-order chi connectivity index (χ1) is 15.7. The summed E-state index contributed by atoms with van der Waals surface area (Å²) in [5.74, 6) is -0.617. The summed E-state index contributed by atoms with van der Waals surface area (Å²) < 4.78 is 5.35. The minimum atomic E-state index is -0.864. The number of aliphatic hydroxyl groups excluding tert-OH is 1. The summed E-state index contributed by atoms with van der Waals surface area (Å²) in [6, 6.07) is 11.7. The van der Waals surface area contributed by atoms with Gasteiger partial charge in [-0.15, -0.1) is 0 Å². The molecule has 174 valence electrons. The van der Waals surface area contributed by atoms with Crippen LogP contribution >= 0.6 is 11.6 Å². The number of nitrogens with zero attached hydrogens (tertiary/aromatic N) is 2. The summed E-state index contributed by atoms with van der Waals surface area (Å²) in [5, 5.41) is 16.6. The number of fused-ring (bicyclic) bond motifs is 1. The highest BCUT2D eigenvalue weighted by Crippen LogP contribution is 2.31. The lowest BCUT2D eigenvalue weighted by molar-refractivity contribution is -0.143. The molecule has 1 aliphatic rings. The Kier molecular flexibility index (Phi) is 6.58. The van der Waals surface area contributed by atoms with Crippen LogP contribution in [0.1, 0.15) is 37.6 Å². The van der Waals surface area contributed by atoms with Gasteiger partial charge in [-0.05, 0) is 47.9 Å². The number of carbonyl (C=O) groups is 2. The second-order valence-electron chi connectivity index (χ2n) is 8.71. The van der Waals surface area contributed by atoms with Crippen LogP contribution in [0.2, 0.25) is 5.02 Å². The molecule has 8 nitrogen and oxygen atoms in total. The SMILES string of the molecule is Cc1cc(C(C(=O)N2CC(O)CC2C(=O)NOc2ccc3cc(Cl)ccc3c2)C(C)C)on1. The lowest BCUT2D eigenvalue weighted by Crippen LogP contribution is -2.48. The van der Waals surface area contributed by atoms with E-state index in [1.54, 1.807) is 31.2 Å². The van der Waals surface area contributed by atoms with E-state index in [4.69, 9.17) is 21.0 Å². The van der Waals surface area contributed by atoms with Crippen molar-refractivity contribution in [2.45, 2.75) is 45.3 Å². The third kappa shape index (κ3) is 4.96. The maximum atomic E-state index is 13.4. The summed E-state index contributed by atoms with van der Waals surface area (Å²) in [6.45, 7) is 5.64. The first-order valence-electron chi connectivity index (χ1n) is 10.8. The van der Waals surface area contributed by atoms with Crippen molar-refractivity contribution in [2.75, 3.05) is 6.54 Å². The molecule has 3 aromatic rings. The number of aromatic nitrogens is 1. The number of β-amino-alcohol motifs (C(OH)–C–C–N with tert-alkyl or cyclic N) is 1. The molecular weight excluding hydrogens is 446 g/mol. The van der Waals surface area contributed by atoms with Crippen LogP contribution in [0.3, 0.4) is 0 Å². The fourth-order valence-corrected chi connectivity index (χ4v) is 4.37. The summed E-state index contributed by atoms with van der Waals surface area (Å²) in [7, 11) is 0. The van der Waals surface area contributed by atoms with Crippen LogP contribution < -0.4 is 10.3 Å². The third-order valence-corrected chi connectivity index (χ3v) is 6.03. The predicted molar refractivity (Wildman–Crippen MR) is 123 cm³/mol. The number of halogens is 1. The van der Waals surface area contributed by atoms with Gasteiger partial charge in [-0.25, -0.2) is 0 Å². The van der Waals surface area contributed by atoms with Gasteiger partial charge in [0.05, 0.1) is 11.8 Å². The van der Waals surface area contributed by atoms with Crippen molar-refractivity contribution in [1.29, 1.82) is 0 Å². The number of amides is 2. The first kappa shape index (κ1) is 23.1. The zero-order valence-corrected chi connectivity index (χ0v) is 19.4. The van der Waals surface area contributed by atoms with Gasteiger partial charge < -0.3 is 19.4 Å². The van der Waals surface area contributed by atoms with Gasteiger partial charge in [0.15, 0.2) is 5.75 Å². The van der Waals surface area contributed by atoms with Crippen LogP contribution in [0.25, 0.3) is 10.8 Å². The van der Waals surface area contributed by atoms with Gasteiger partial charge >= 0.3 is 0 Å². The molecule has 3 atom stereocenters. The monoisotopic (exact) mass is 471 g/mol. The largest absolute Gasteiger partial charge is 0.391 e. The van der Waals surface area contributed by atoms with Crippen molar-refractivity contribution in [2.24, 2.45) is 5.92 Å². The normalized spacial score (nSPS) is 19.2. The van der Waals surface area contributed by atoms with Crippen molar-refractivity contribution in [3.05, 3.63) is 58.9 Å². The summed E-state index contributed by atoms with van der Waals surface area (Å²) in [4.78, 5) is 33.2. The molecule has 0 bridgehead atoms. The molecule has 3 unspecified atom stereocenters. The lowest BCUT2D eigenvalue weighted by atomic mass is 9.91. The number of nitrogens with one attached hydrogen (secondary N) is 1. The molecular formula is C24H26ClN3O5.